The number of aldehydes is 1. The molecule has 1 aliphatic heterocycles. The van der Waals surface area contributed by atoms with Gasteiger partial charge in [-0.15, -0.1) is 0 Å². The van der Waals surface area contributed by atoms with Crippen LogP contribution in [0, 0.1) is 10.1 Å². The molecule has 1 saturated heterocycles. The fourth-order valence-electron chi connectivity index (χ4n) is 2.58. The summed E-state index contributed by atoms with van der Waals surface area (Å²) in [6.45, 7) is 4.64. The maximum absolute atomic E-state index is 11.2. The van der Waals surface area contributed by atoms with Crippen LogP contribution < -0.4 is 9.47 Å². The van der Waals surface area contributed by atoms with Gasteiger partial charge in [-0.3, -0.25) is 15.0 Å². The van der Waals surface area contributed by atoms with E-state index in [1.54, 1.807) is 0 Å². The molecule has 1 aromatic carbocycles. The molecular weight excluding hydrogens is 316 g/mol. The molecule has 0 amide bonds. The highest BCUT2D eigenvalue weighted by Crippen LogP contribution is 2.34. The molecule has 2 rings (SSSR count). The summed E-state index contributed by atoms with van der Waals surface area (Å²) in [7, 11) is 1.46. The van der Waals surface area contributed by atoms with Gasteiger partial charge in [0.1, 0.15) is 6.29 Å². The third kappa shape index (κ3) is 4.90. The molecule has 0 N–H and O–H groups in total. The number of nitrogens with zero attached hydrogens (tertiary/aromatic N) is 2. The van der Waals surface area contributed by atoms with Crippen molar-refractivity contribution in [3.8, 4) is 11.5 Å². The number of nitro benzene ring substituents is 1. The summed E-state index contributed by atoms with van der Waals surface area (Å²) < 4.78 is 16.2. The van der Waals surface area contributed by atoms with Gasteiger partial charge in [0.25, 0.3) is 5.69 Å². The molecular formula is C16H22N2O6. The minimum absolute atomic E-state index is 0.0377. The van der Waals surface area contributed by atoms with E-state index in [2.05, 4.69) is 4.90 Å². The molecule has 0 aromatic heterocycles. The normalized spacial score (nSPS) is 15.0. The smallest absolute Gasteiger partial charge is 0.277 e. The largest absolute Gasteiger partial charge is 0.493 e. The lowest BCUT2D eigenvalue weighted by Crippen LogP contribution is -2.37. The molecule has 0 radical (unpaired) electrons. The number of carbonyl (C=O) groups excluding carboxylic acids is 1. The first-order valence-corrected chi connectivity index (χ1v) is 7.87. The van der Waals surface area contributed by atoms with Gasteiger partial charge in [0.2, 0.25) is 0 Å². The van der Waals surface area contributed by atoms with Crippen molar-refractivity contribution in [3.63, 3.8) is 0 Å². The Bertz CT molecular complexity index is 572. The van der Waals surface area contributed by atoms with Crippen molar-refractivity contribution in [1.82, 2.24) is 4.90 Å². The summed E-state index contributed by atoms with van der Waals surface area (Å²) in [5, 5.41) is 11.2. The van der Waals surface area contributed by atoms with E-state index in [1.165, 1.54) is 19.2 Å². The van der Waals surface area contributed by atoms with E-state index in [9.17, 15) is 14.9 Å². The van der Waals surface area contributed by atoms with Crippen molar-refractivity contribution in [1.29, 1.82) is 0 Å². The minimum Gasteiger partial charge on any atom is -0.493 e. The highest BCUT2D eigenvalue weighted by atomic mass is 16.6. The van der Waals surface area contributed by atoms with Crippen LogP contribution in [0.4, 0.5) is 5.69 Å². The first-order chi connectivity index (χ1) is 11.7. The third-order valence-electron chi connectivity index (χ3n) is 3.84. The van der Waals surface area contributed by atoms with Crippen LogP contribution in [0.1, 0.15) is 12.0 Å². The van der Waals surface area contributed by atoms with Crippen molar-refractivity contribution < 1.29 is 23.9 Å². The molecule has 8 heteroatoms. The Labute approximate surface area is 140 Å². The molecule has 0 unspecified atom stereocenters. The van der Waals surface area contributed by atoms with Crippen molar-refractivity contribution in [2.45, 2.75) is 12.8 Å². The molecule has 1 fully saturated rings. The number of morpholine rings is 1. The molecule has 8 nitrogen and oxygen atoms in total. The molecule has 24 heavy (non-hydrogen) atoms. The average Bonchev–Trinajstić information content (AvgIpc) is 2.60. The predicted molar refractivity (Wildman–Crippen MR) is 86.8 cm³/mol. The van der Waals surface area contributed by atoms with Gasteiger partial charge >= 0.3 is 0 Å². The summed E-state index contributed by atoms with van der Waals surface area (Å²) in [5.41, 5.74) is 0.179. The Morgan fingerprint density at radius 1 is 1.33 bits per heavy atom. The van der Waals surface area contributed by atoms with Gasteiger partial charge in [0.05, 0.1) is 37.9 Å². The highest BCUT2D eigenvalue weighted by molar-refractivity contribution is 5.63. The molecule has 1 aromatic rings. The third-order valence-corrected chi connectivity index (χ3v) is 3.84. The molecule has 132 valence electrons. The first-order valence-electron chi connectivity index (χ1n) is 7.87. The van der Waals surface area contributed by atoms with E-state index >= 15 is 0 Å². The Balaban J connectivity index is 1.98. The van der Waals surface area contributed by atoms with Gasteiger partial charge in [-0.2, -0.15) is 0 Å². The van der Waals surface area contributed by atoms with Crippen LogP contribution in [0.25, 0.3) is 0 Å². The Kier molecular flexibility index (Phi) is 6.95. The zero-order valence-electron chi connectivity index (χ0n) is 13.7. The Morgan fingerprint density at radius 3 is 2.71 bits per heavy atom. The monoisotopic (exact) mass is 338 g/mol. The molecule has 0 spiro atoms. The van der Waals surface area contributed by atoms with E-state index in [0.717, 1.165) is 39.3 Å². The number of carbonyl (C=O) groups is 1. The second kappa shape index (κ2) is 9.19. The second-order valence-corrected chi connectivity index (χ2v) is 5.42. The first kappa shape index (κ1) is 18.2. The Hall–Kier alpha value is -2.19. The SMILES string of the molecule is COc1cc(CC=O)c([N+](=O)[O-])cc1OCCCN1CCOCC1. The van der Waals surface area contributed by atoms with E-state index in [4.69, 9.17) is 14.2 Å². The van der Waals surface area contributed by atoms with Gasteiger partial charge in [0, 0.05) is 31.6 Å². The van der Waals surface area contributed by atoms with Crippen LogP contribution in [0.5, 0.6) is 11.5 Å². The quantitative estimate of drug-likeness (QED) is 0.291. The predicted octanol–water partition coefficient (Wildman–Crippen LogP) is 1.45. The fraction of sp³-hybridized carbons (Fsp3) is 0.562. The van der Waals surface area contributed by atoms with Gasteiger partial charge in [-0.25, -0.2) is 0 Å². The van der Waals surface area contributed by atoms with Crippen molar-refractivity contribution >= 4 is 12.0 Å². The summed E-state index contributed by atoms with van der Waals surface area (Å²) in [5.74, 6) is 0.713. The van der Waals surface area contributed by atoms with Crippen LogP contribution in [-0.2, 0) is 16.0 Å². The fourth-order valence-corrected chi connectivity index (χ4v) is 2.58. The molecule has 1 aliphatic rings. The maximum atomic E-state index is 11.2. The summed E-state index contributed by atoms with van der Waals surface area (Å²) >= 11 is 0. The molecule has 0 bridgehead atoms. The van der Waals surface area contributed by atoms with Crippen LogP contribution >= 0.6 is 0 Å². The van der Waals surface area contributed by atoms with Gasteiger partial charge in [0.15, 0.2) is 11.5 Å². The lowest BCUT2D eigenvalue weighted by Gasteiger charge is -2.26. The lowest BCUT2D eigenvalue weighted by atomic mass is 10.1. The number of methoxy groups -OCH3 is 1. The van der Waals surface area contributed by atoms with E-state index in [1.807, 2.05) is 0 Å². The van der Waals surface area contributed by atoms with Crippen molar-refractivity contribution in [2.75, 3.05) is 46.6 Å². The Morgan fingerprint density at radius 2 is 2.08 bits per heavy atom. The topological polar surface area (TPSA) is 91.1 Å². The average molecular weight is 338 g/mol. The van der Waals surface area contributed by atoms with Crippen LogP contribution in [0.2, 0.25) is 0 Å². The molecule has 0 atom stereocenters. The van der Waals surface area contributed by atoms with E-state index in [0.29, 0.717) is 30.0 Å². The van der Waals surface area contributed by atoms with Crippen molar-refractivity contribution in [3.05, 3.63) is 27.8 Å². The number of ether oxygens (including phenoxy) is 3. The number of hydrogen-bond acceptors (Lipinski definition) is 7. The van der Waals surface area contributed by atoms with Gasteiger partial charge in [-0.05, 0) is 12.5 Å². The van der Waals surface area contributed by atoms with Gasteiger partial charge in [-0.1, -0.05) is 0 Å². The second-order valence-electron chi connectivity index (χ2n) is 5.42. The zero-order valence-corrected chi connectivity index (χ0v) is 13.7. The van der Waals surface area contributed by atoms with Gasteiger partial charge < -0.3 is 19.0 Å². The van der Waals surface area contributed by atoms with Crippen LogP contribution in [-0.4, -0.2) is 62.7 Å². The lowest BCUT2D eigenvalue weighted by molar-refractivity contribution is -0.385. The summed E-state index contributed by atoms with van der Waals surface area (Å²) in [4.78, 5) is 23.6. The number of nitro groups is 1. The molecule has 0 aliphatic carbocycles. The van der Waals surface area contributed by atoms with E-state index in [-0.39, 0.29) is 12.1 Å². The number of hydrogen-bond donors (Lipinski definition) is 0. The number of rotatable bonds is 9. The van der Waals surface area contributed by atoms with Crippen LogP contribution in [0.3, 0.4) is 0 Å². The zero-order chi connectivity index (χ0) is 17.4. The molecule has 1 heterocycles. The van der Waals surface area contributed by atoms with Crippen molar-refractivity contribution in [2.24, 2.45) is 0 Å². The molecule has 0 saturated carbocycles. The van der Waals surface area contributed by atoms with Crippen LogP contribution in [0.15, 0.2) is 12.1 Å². The minimum atomic E-state index is -0.515. The number of benzene rings is 1. The highest BCUT2D eigenvalue weighted by Gasteiger charge is 2.19. The summed E-state index contributed by atoms with van der Waals surface area (Å²) in [6.07, 6.45) is 1.39. The maximum Gasteiger partial charge on any atom is 0.277 e. The standard InChI is InChI=1S/C16H22N2O6/c1-22-15-11-13(3-7-19)14(18(20)21)12-16(15)24-8-2-4-17-5-9-23-10-6-17/h7,11-12H,2-6,8-10H2,1H3. The summed E-state index contributed by atoms with van der Waals surface area (Å²) in [6, 6.07) is 2.82. The van der Waals surface area contributed by atoms with E-state index < -0.39 is 4.92 Å².